The summed E-state index contributed by atoms with van der Waals surface area (Å²) < 4.78 is 27.6. The van der Waals surface area contributed by atoms with Gasteiger partial charge in [-0.05, 0) is 49.6 Å². The number of nitrogens with zero attached hydrogens (tertiary/aromatic N) is 1. The Labute approximate surface area is 148 Å². The van der Waals surface area contributed by atoms with Crippen LogP contribution < -0.4 is 9.62 Å². The number of amides is 1. The summed E-state index contributed by atoms with van der Waals surface area (Å²) in [6, 6.07) is 13.7. The zero-order valence-electron chi connectivity index (χ0n) is 14.4. The van der Waals surface area contributed by atoms with Crippen LogP contribution in [0, 0.1) is 6.92 Å². The average molecular weight is 358 g/mol. The molecule has 1 heterocycles. The average Bonchev–Trinajstić information content (AvgIpc) is 2.96. The number of carbonyl (C=O) groups excluding carboxylic acids is 1. The van der Waals surface area contributed by atoms with Crippen LogP contribution in [-0.2, 0) is 21.2 Å². The Morgan fingerprint density at radius 2 is 1.72 bits per heavy atom. The zero-order valence-corrected chi connectivity index (χ0v) is 15.2. The molecule has 3 rings (SSSR count). The van der Waals surface area contributed by atoms with Crippen molar-refractivity contribution in [3.63, 3.8) is 0 Å². The summed E-state index contributed by atoms with van der Waals surface area (Å²) in [5, 5.41) is 0. The summed E-state index contributed by atoms with van der Waals surface area (Å²) >= 11 is 0. The largest absolute Gasteiger partial charge is 0.311 e. The molecule has 0 aliphatic carbocycles. The van der Waals surface area contributed by atoms with Crippen molar-refractivity contribution in [2.24, 2.45) is 0 Å². The summed E-state index contributed by atoms with van der Waals surface area (Å²) in [5.74, 6) is -0.211. The molecule has 1 atom stereocenters. The first kappa shape index (κ1) is 17.6. The molecule has 1 fully saturated rings. The maximum Gasteiger partial charge on any atom is 0.245 e. The first-order valence-corrected chi connectivity index (χ1v) is 9.88. The van der Waals surface area contributed by atoms with E-state index in [1.807, 2.05) is 38.1 Å². The molecule has 25 heavy (non-hydrogen) atoms. The molecule has 0 radical (unpaired) electrons. The van der Waals surface area contributed by atoms with Crippen LogP contribution in [-0.4, -0.2) is 26.9 Å². The Bertz CT molecular complexity index is 859. The minimum Gasteiger partial charge on any atom is -0.311 e. The van der Waals surface area contributed by atoms with Gasteiger partial charge in [0.25, 0.3) is 0 Å². The maximum absolute atomic E-state index is 12.6. The van der Waals surface area contributed by atoms with Gasteiger partial charge in [-0.25, -0.2) is 8.42 Å². The van der Waals surface area contributed by atoms with E-state index in [9.17, 15) is 13.2 Å². The number of aryl methyl sites for hydroxylation is 2. The van der Waals surface area contributed by atoms with Crippen molar-refractivity contribution in [2.75, 3.05) is 11.4 Å². The van der Waals surface area contributed by atoms with E-state index in [2.05, 4.69) is 4.72 Å². The van der Waals surface area contributed by atoms with Crippen LogP contribution in [0.4, 0.5) is 5.69 Å². The smallest absolute Gasteiger partial charge is 0.245 e. The fraction of sp³-hybridized carbons (Fsp3) is 0.316. The molecule has 0 saturated carbocycles. The summed E-state index contributed by atoms with van der Waals surface area (Å²) in [7, 11) is -3.71. The summed E-state index contributed by atoms with van der Waals surface area (Å²) in [5.41, 5.74) is 2.98. The highest BCUT2D eigenvalue weighted by Gasteiger charge is 2.35. The van der Waals surface area contributed by atoms with Gasteiger partial charge in [-0.3, -0.25) is 4.79 Å². The molecule has 1 aliphatic heterocycles. The first-order valence-electron chi connectivity index (χ1n) is 8.40. The van der Waals surface area contributed by atoms with Crippen LogP contribution in [0.5, 0.6) is 0 Å². The number of benzene rings is 2. The lowest BCUT2D eigenvalue weighted by Gasteiger charge is -2.17. The predicted octanol–water partition coefficient (Wildman–Crippen LogP) is 2.64. The molecule has 1 unspecified atom stereocenters. The number of hydrogen-bond donors (Lipinski definition) is 1. The van der Waals surface area contributed by atoms with E-state index in [4.69, 9.17) is 0 Å². The molecule has 2 aromatic carbocycles. The molecule has 1 aliphatic rings. The second-order valence-electron chi connectivity index (χ2n) is 6.29. The Kier molecular flexibility index (Phi) is 4.92. The minimum atomic E-state index is -3.71. The Morgan fingerprint density at radius 3 is 2.32 bits per heavy atom. The Balaban J connectivity index is 1.74. The van der Waals surface area contributed by atoms with Gasteiger partial charge < -0.3 is 4.90 Å². The van der Waals surface area contributed by atoms with Crippen LogP contribution >= 0.6 is 0 Å². The third-order valence-corrected chi connectivity index (χ3v) is 5.98. The molecule has 1 saturated heterocycles. The van der Waals surface area contributed by atoms with Crippen LogP contribution in [0.25, 0.3) is 0 Å². The van der Waals surface area contributed by atoms with Gasteiger partial charge in [0.05, 0.1) is 4.90 Å². The highest BCUT2D eigenvalue weighted by atomic mass is 32.2. The molecule has 132 valence electrons. The van der Waals surface area contributed by atoms with Crippen molar-refractivity contribution >= 4 is 21.6 Å². The molecule has 2 aromatic rings. The Morgan fingerprint density at radius 1 is 1.08 bits per heavy atom. The fourth-order valence-corrected chi connectivity index (χ4v) is 4.15. The van der Waals surface area contributed by atoms with Gasteiger partial charge in [-0.1, -0.05) is 36.8 Å². The molecule has 0 spiro atoms. The molecule has 0 bridgehead atoms. The molecule has 5 nitrogen and oxygen atoms in total. The van der Waals surface area contributed by atoms with Crippen LogP contribution in [0.1, 0.15) is 24.5 Å². The van der Waals surface area contributed by atoms with E-state index in [-0.39, 0.29) is 10.8 Å². The molecular weight excluding hydrogens is 336 g/mol. The molecule has 0 aromatic heterocycles. The third-order valence-electron chi connectivity index (χ3n) is 4.49. The fourth-order valence-electron chi connectivity index (χ4n) is 2.93. The minimum absolute atomic E-state index is 0.186. The van der Waals surface area contributed by atoms with Gasteiger partial charge >= 0.3 is 0 Å². The van der Waals surface area contributed by atoms with Crippen molar-refractivity contribution in [2.45, 2.75) is 37.6 Å². The second-order valence-corrected chi connectivity index (χ2v) is 8.00. The van der Waals surface area contributed by atoms with Crippen molar-refractivity contribution in [1.29, 1.82) is 0 Å². The highest BCUT2D eigenvalue weighted by Crippen LogP contribution is 2.23. The lowest BCUT2D eigenvalue weighted by molar-refractivity contribution is -0.118. The lowest BCUT2D eigenvalue weighted by atomic mass is 10.2. The van der Waals surface area contributed by atoms with E-state index >= 15 is 0 Å². The van der Waals surface area contributed by atoms with E-state index in [1.54, 1.807) is 29.2 Å². The van der Waals surface area contributed by atoms with Gasteiger partial charge in [0.2, 0.25) is 15.9 Å². The number of rotatable bonds is 5. The number of sulfonamides is 1. The predicted molar refractivity (Wildman–Crippen MR) is 98.1 cm³/mol. The van der Waals surface area contributed by atoms with Gasteiger partial charge in [-0.15, -0.1) is 0 Å². The number of nitrogens with one attached hydrogen (secondary N) is 1. The van der Waals surface area contributed by atoms with Gasteiger partial charge in [-0.2, -0.15) is 4.72 Å². The number of hydrogen-bond acceptors (Lipinski definition) is 3. The monoisotopic (exact) mass is 358 g/mol. The van der Waals surface area contributed by atoms with Gasteiger partial charge in [0.15, 0.2) is 0 Å². The van der Waals surface area contributed by atoms with E-state index < -0.39 is 16.1 Å². The maximum atomic E-state index is 12.6. The van der Waals surface area contributed by atoms with E-state index in [0.717, 1.165) is 23.2 Å². The second kappa shape index (κ2) is 6.98. The number of anilines is 1. The number of carbonyl (C=O) groups is 1. The normalized spacial score (nSPS) is 17.9. The van der Waals surface area contributed by atoms with E-state index in [0.29, 0.717) is 13.0 Å². The van der Waals surface area contributed by atoms with Crippen molar-refractivity contribution < 1.29 is 13.2 Å². The van der Waals surface area contributed by atoms with Gasteiger partial charge in [0, 0.05) is 12.2 Å². The Hall–Kier alpha value is -2.18. The lowest BCUT2D eigenvalue weighted by Crippen LogP contribution is -2.41. The summed E-state index contributed by atoms with van der Waals surface area (Å²) in [4.78, 5) is 14.4. The quantitative estimate of drug-likeness (QED) is 0.893. The van der Waals surface area contributed by atoms with Crippen molar-refractivity contribution in [1.82, 2.24) is 4.72 Å². The van der Waals surface area contributed by atoms with Crippen LogP contribution in [0.2, 0.25) is 0 Å². The van der Waals surface area contributed by atoms with Crippen molar-refractivity contribution in [3.05, 3.63) is 59.7 Å². The van der Waals surface area contributed by atoms with Crippen molar-refractivity contribution in [3.8, 4) is 0 Å². The summed E-state index contributed by atoms with van der Waals surface area (Å²) in [6.45, 7) is 4.50. The standard InChI is InChI=1S/C19H22N2O3S/c1-3-15-6-10-17(11-7-15)25(23,24)20-18-12-13-21(19(18)22)16-8-4-14(2)5-9-16/h4-11,18,20H,3,12-13H2,1-2H3. The molecule has 1 amide bonds. The topological polar surface area (TPSA) is 66.5 Å². The third kappa shape index (κ3) is 3.75. The SMILES string of the molecule is CCc1ccc(S(=O)(=O)NC2CCN(c3ccc(C)cc3)C2=O)cc1. The first-order chi connectivity index (χ1) is 11.9. The van der Waals surface area contributed by atoms with E-state index in [1.165, 1.54) is 0 Å². The molecular formula is C19H22N2O3S. The summed E-state index contributed by atoms with van der Waals surface area (Å²) in [6.07, 6.45) is 1.30. The molecule has 6 heteroatoms. The van der Waals surface area contributed by atoms with Crippen LogP contribution in [0.3, 0.4) is 0 Å². The van der Waals surface area contributed by atoms with Crippen LogP contribution in [0.15, 0.2) is 53.4 Å². The highest BCUT2D eigenvalue weighted by molar-refractivity contribution is 7.89. The molecule has 1 N–H and O–H groups in total. The van der Waals surface area contributed by atoms with Gasteiger partial charge in [0.1, 0.15) is 6.04 Å². The zero-order chi connectivity index (χ0) is 18.0.